The summed E-state index contributed by atoms with van der Waals surface area (Å²) in [5, 5.41) is 0. The van der Waals surface area contributed by atoms with E-state index in [0.717, 1.165) is 11.1 Å². The summed E-state index contributed by atoms with van der Waals surface area (Å²) in [5.41, 5.74) is 2.10. The van der Waals surface area contributed by atoms with E-state index >= 15 is 0 Å². The molecule has 0 aliphatic carbocycles. The first kappa shape index (κ1) is 8.47. The van der Waals surface area contributed by atoms with Crippen LogP contribution in [0.3, 0.4) is 0 Å². The third kappa shape index (κ3) is 1.92. The van der Waals surface area contributed by atoms with E-state index in [9.17, 15) is 0 Å². The van der Waals surface area contributed by atoms with Crippen LogP contribution in [0.2, 0.25) is 0 Å². The van der Waals surface area contributed by atoms with Gasteiger partial charge in [-0.1, -0.05) is 37.5 Å². The number of hydrogen-bond donors (Lipinski definition) is 0. The first-order chi connectivity index (χ1) is 5.88. The van der Waals surface area contributed by atoms with E-state index in [2.05, 4.69) is 18.1 Å². The summed E-state index contributed by atoms with van der Waals surface area (Å²) in [6.07, 6.45) is 8.99. The molecule has 0 bridgehead atoms. The molecular formula is C11H11N. The molecule has 0 unspecified atom stereocenters. The van der Waals surface area contributed by atoms with Crippen LogP contribution in [0.4, 0.5) is 0 Å². The lowest BCUT2D eigenvalue weighted by atomic mass is 10.1. The van der Waals surface area contributed by atoms with Gasteiger partial charge in [0.05, 0.1) is 0 Å². The van der Waals surface area contributed by atoms with Crippen molar-refractivity contribution >= 4 is 5.57 Å². The molecule has 1 heteroatoms. The second kappa shape index (κ2) is 4.29. The third-order valence-electron chi connectivity index (χ3n) is 1.51. The van der Waals surface area contributed by atoms with Crippen LogP contribution in [0.1, 0.15) is 5.56 Å². The van der Waals surface area contributed by atoms with Crippen molar-refractivity contribution in [1.82, 2.24) is 4.98 Å². The highest BCUT2D eigenvalue weighted by molar-refractivity contribution is 5.73. The fourth-order valence-corrected chi connectivity index (χ4v) is 0.943. The Balaban J connectivity index is 3.03. The van der Waals surface area contributed by atoms with E-state index in [-0.39, 0.29) is 0 Å². The van der Waals surface area contributed by atoms with Crippen LogP contribution >= 0.6 is 0 Å². The predicted octanol–water partition coefficient (Wildman–Crippen LogP) is 2.84. The zero-order chi connectivity index (χ0) is 8.81. The van der Waals surface area contributed by atoms with Gasteiger partial charge in [0.2, 0.25) is 0 Å². The van der Waals surface area contributed by atoms with E-state index in [0.29, 0.717) is 0 Å². The highest BCUT2D eigenvalue weighted by Crippen LogP contribution is 2.12. The molecule has 0 N–H and O–H groups in total. The summed E-state index contributed by atoms with van der Waals surface area (Å²) in [4.78, 5) is 4.01. The Bertz CT molecular complexity index is 296. The Morgan fingerprint density at radius 3 is 2.75 bits per heavy atom. The Labute approximate surface area is 72.8 Å². The minimum atomic E-state index is 1.04. The van der Waals surface area contributed by atoms with Crippen LogP contribution in [0.15, 0.2) is 55.9 Å². The number of aromatic nitrogens is 1. The second-order valence-electron chi connectivity index (χ2n) is 2.30. The van der Waals surface area contributed by atoms with E-state index in [1.54, 1.807) is 24.5 Å². The maximum absolute atomic E-state index is 4.01. The van der Waals surface area contributed by atoms with Gasteiger partial charge in [-0.25, -0.2) is 0 Å². The van der Waals surface area contributed by atoms with Crippen molar-refractivity contribution in [3.8, 4) is 0 Å². The molecule has 0 fully saturated rings. The van der Waals surface area contributed by atoms with E-state index < -0.39 is 0 Å². The summed E-state index contributed by atoms with van der Waals surface area (Å²) in [7, 11) is 0. The molecule has 0 aliphatic rings. The fraction of sp³-hybridized carbons (Fsp3) is 0. The topological polar surface area (TPSA) is 12.9 Å². The van der Waals surface area contributed by atoms with Gasteiger partial charge in [0.25, 0.3) is 0 Å². The van der Waals surface area contributed by atoms with Crippen molar-refractivity contribution in [3.05, 3.63) is 61.5 Å². The molecule has 0 atom stereocenters. The highest BCUT2D eigenvalue weighted by Gasteiger charge is 1.93. The first-order valence-corrected chi connectivity index (χ1v) is 3.74. The van der Waals surface area contributed by atoms with Gasteiger partial charge >= 0.3 is 0 Å². The van der Waals surface area contributed by atoms with Crippen LogP contribution in [0, 0.1) is 0 Å². The molecule has 0 aromatic carbocycles. The summed E-state index contributed by atoms with van der Waals surface area (Å²) in [5.74, 6) is 0. The second-order valence-corrected chi connectivity index (χ2v) is 2.30. The Hall–Kier alpha value is -1.63. The SMILES string of the molecule is C=CC=C(C=C)c1cccnc1. The predicted molar refractivity (Wildman–Crippen MR) is 52.6 cm³/mol. The van der Waals surface area contributed by atoms with Crippen molar-refractivity contribution in [2.45, 2.75) is 0 Å². The summed E-state index contributed by atoms with van der Waals surface area (Å²) >= 11 is 0. The minimum Gasteiger partial charge on any atom is -0.264 e. The molecule has 0 amide bonds. The maximum atomic E-state index is 4.01. The Kier molecular flexibility index (Phi) is 3.03. The van der Waals surface area contributed by atoms with E-state index in [1.165, 1.54) is 0 Å². The van der Waals surface area contributed by atoms with Crippen molar-refractivity contribution in [2.24, 2.45) is 0 Å². The molecule has 12 heavy (non-hydrogen) atoms. The van der Waals surface area contributed by atoms with Crippen molar-refractivity contribution in [2.75, 3.05) is 0 Å². The lowest BCUT2D eigenvalue weighted by Crippen LogP contribution is -1.80. The monoisotopic (exact) mass is 157 g/mol. The zero-order valence-electron chi connectivity index (χ0n) is 6.90. The first-order valence-electron chi connectivity index (χ1n) is 3.74. The lowest BCUT2D eigenvalue weighted by Gasteiger charge is -1.98. The Morgan fingerprint density at radius 1 is 1.42 bits per heavy atom. The average molecular weight is 157 g/mol. The minimum absolute atomic E-state index is 1.04. The number of pyridine rings is 1. The maximum Gasteiger partial charge on any atom is 0.0346 e. The average Bonchev–Trinajstić information content (AvgIpc) is 2.15. The van der Waals surface area contributed by atoms with Crippen LogP contribution < -0.4 is 0 Å². The van der Waals surface area contributed by atoms with Crippen molar-refractivity contribution in [1.29, 1.82) is 0 Å². The van der Waals surface area contributed by atoms with Crippen molar-refractivity contribution in [3.63, 3.8) is 0 Å². The standard InChI is InChI=1S/C11H11N/c1-3-6-10(4-2)11-7-5-8-12-9-11/h3-9H,1-2H2. The summed E-state index contributed by atoms with van der Waals surface area (Å²) < 4.78 is 0. The van der Waals surface area contributed by atoms with Crippen LogP contribution in [0.5, 0.6) is 0 Å². The molecule has 1 aromatic heterocycles. The summed E-state index contributed by atoms with van der Waals surface area (Å²) in [6.45, 7) is 7.34. The highest BCUT2D eigenvalue weighted by atomic mass is 14.6. The van der Waals surface area contributed by atoms with Gasteiger partial charge in [-0.3, -0.25) is 4.98 Å². The molecular weight excluding hydrogens is 146 g/mol. The molecule has 0 radical (unpaired) electrons. The van der Waals surface area contributed by atoms with Gasteiger partial charge < -0.3 is 0 Å². The van der Waals surface area contributed by atoms with Gasteiger partial charge in [-0.05, 0) is 17.2 Å². The molecule has 60 valence electrons. The molecule has 0 spiro atoms. The molecule has 1 nitrogen and oxygen atoms in total. The quantitative estimate of drug-likeness (QED) is 0.615. The van der Waals surface area contributed by atoms with Crippen LogP contribution in [0.25, 0.3) is 5.57 Å². The van der Waals surface area contributed by atoms with Gasteiger partial charge in [0.1, 0.15) is 0 Å². The Morgan fingerprint density at radius 2 is 2.25 bits per heavy atom. The number of allylic oxidation sites excluding steroid dienone is 4. The smallest absolute Gasteiger partial charge is 0.0346 e. The molecule has 1 rings (SSSR count). The van der Waals surface area contributed by atoms with Gasteiger partial charge in [-0.15, -0.1) is 0 Å². The molecule has 1 heterocycles. The molecule has 0 saturated heterocycles. The lowest BCUT2D eigenvalue weighted by molar-refractivity contribution is 1.31. The third-order valence-corrected chi connectivity index (χ3v) is 1.51. The molecule has 1 aromatic rings. The number of rotatable bonds is 3. The van der Waals surface area contributed by atoms with Crippen LogP contribution in [-0.4, -0.2) is 4.98 Å². The van der Waals surface area contributed by atoms with E-state index in [4.69, 9.17) is 0 Å². The fourth-order valence-electron chi connectivity index (χ4n) is 0.943. The van der Waals surface area contributed by atoms with E-state index in [1.807, 2.05) is 18.2 Å². The summed E-state index contributed by atoms with van der Waals surface area (Å²) in [6, 6.07) is 3.89. The number of nitrogens with zero attached hydrogens (tertiary/aromatic N) is 1. The van der Waals surface area contributed by atoms with Gasteiger partial charge in [0.15, 0.2) is 0 Å². The van der Waals surface area contributed by atoms with Crippen molar-refractivity contribution < 1.29 is 0 Å². The molecule has 0 saturated carbocycles. The largest absolute Gasteiger partial charge is 0.264 e. The normalized spacial score (nSPS) is 10.8. The van der Waals surface area contributed by atoms with Gasteiger partial charge in [0, 0.05) is 12.4 Å². The number of hydrogen-bond acceptors (Lipinski definition) is 1. The van der Waals surface area contributed by atoms with Crippen LogP contribution in [-0.2, 0) is 0 Å². The van der Waals surface area contributed by atoms with Gasteiger partial charge in [-0.2, -0.15) is 0 Å². The molecule has 0 aliphatic heterocycles. The zero-order valence-corrected chi connectivity index (χ0v) is 6.90.